The first kappa shape index (κ1) is 15.0. The van der Waals surface area contributed by atoms with Crippen molar-refractivity contribution in [1.29, 1.82) is 0 Å². The molecule has 0 spiro atoms. The van der Waals surface area contributed by atoms with Crippen LogP contribution >= 0.6 is 0 Å². The van der Waals surface area contributed by atoms with Gasteiger partial charge in [0.25, 0.3) is 0 Å². The fourth-order valence-corrected chi connectivity index (χ4v) is 2.00. The van der Waals surface area contributed by atoms with Crippen LogP contribution in [0.5, 0.6) is 0 Å². The third kappa shape index (κ3) is 3.60. The van der Waals surface area contributed by atoms with Crippen molar-refractivity contribution in [3.8, 4) is 0 Å². The van der Waals surface area contributed by atoms with Crippen molar-refractivity contribution < 1.29 is 18.0 Å². The Bertz CT molecular complexity index is 670. The molecule has 4 heteroatoms. The summed E-state index contributed by atoms with van der Waals surface area (Å²) >= 11 is 0. The molecule has 0 aromatic heterocycles. The van der Waals surface area contributed by atoms with E-state index in [1.165, 1.54) is 31.2 Å². The lowest BCUT2D eigenvalue weighted by Crippen LogP contribution is -2.08. The first-order valence-electron chi connectivity index (χ1n) is 6.34. The smallest absolute Gasteiger partial charge is 0.289 e. The molecule has 2 aromatic carbocycles. The summed E-state index contributed by atoms with van der Waals surface area (Å²) in [6.45, 7) is 1.52. The topological polar surface area (TPSA) is 17.1 Å². The average molecular weight is 290 g/mol. The van der Waals surface area contributed by atoms with Crippen LogP contribution in [0.3, 0.4) is 0 Å². The minimum atomic E-state index is -4.44. The second-order valence-corrected chi connectivity index (χ2v) is 4.61. The average Bonchev–Trinajstić information content (AvgIpc) is 2.47. The molecule has 0 unspecified atom stereocenters. The lowest BCUT2D eigenvalue weighted by atomic mass is 10.00. The fourth-order valence-electron chi connectivity index (χ4n) is 2.00. The minimum absolute atomic E-state index is 0.00761. The number of halogens is 3. The van der Waals surface area contributed by atoms with Gasteiger partial charge in [-0.2, -0.15) is 13.2 Å². The minimum Gasteiger partial charge on any atom is -0.289 e. The highest BCUT2D eigenvalue weighted by atomic mass is 19.4. The Labute approximate surface area is 120 Å². The second-order valence-electron chi connectivity index (χ2n) is 4.61. The summed E-state index contributed by atoms with van der Waals surface area (Å²) in [4.78, 5) is 12.2. The van der Waals surface area contributed by atoms with Crippen molar-refractivity contribution in [3.05, 3.63) is 76.9 Å². The van der Waals surface area contributed by atoms with Gasteiger partial charge in [0.2, 0.25) is 0 Å². The first-order valence-corrected chi connectivity index (χ1v) is 6.34. The normalized spacial score (nSPS) is 12.3. The third-order valence-corrected chi connectivity index (χ3v) is 3.03. The van der Waals surface area contributed by atoms with Gasteiger partial charge in [0.05, 0.1) is 5.56 Å². The van der Waals surface area contributed by atoms with Crippen molar-refractivity contribution in [3.63, 3.8) is 0 Å². The summed E-state index contributed by atoms with van der Waals surface area (Å²) in [6, 6.07) is 13.7. The standard InChI is InChI=1S/C17H13F3O/c1-12(16(21)13-7-3-2-4-8-13)11-14-9-5-6-10-15(14)17(18,19)20/h2-11H,1H3/b12-11+. The maximum atomic E-state index is 12.9. The van der Waals surface area contributed by atoms with Gasteiger partial charge >= 0.3 is 6.18 Å². The highest BCUT2D eigenvalue weighted by Gasteiger charge is 2.32. The van der Waals surface area contributed by atoms with Gasteiger partial charge in [0.1, 0.15) is 0 Å². The SMILES string of the molecule is C/C(=C\c1ccccc1C(F)(F)F)C(=O)c1ccccc1. The van der Waals surface area contributed by atoms with E-state index in [2.05, 4.69) is 0 Å². The Balaban J connectivity index is 2.39. The van der Waals surface area contributed by atoms with Crippen LogP contribution in [0.4, 0.5) is 13.2 Å². The Hall–Kier alpha value is -2.36. The zero-order valence-corrected chi connectivity index (χ0v) is 11.3. The Morgan fingerprint density at radius 2 is 1.52 bits per heavy atom. The molecule has 0 aliphatic rings. The number of ketones is 1. The molecule has 0 fully saturated rings. The van der Waals surface area contributed by atoms with E-state index in [4.69, 9.17) is 0 Å². The van der Waals surface area contributed by atoms with Crippen molar-refractivity contribution >= 4 is 11.9 Å². The fraction of sp³-hybridized carbons (Fsp3) is 0.118. The summed E-state index contributed by atoms with van der Waals surface area (Å²) < 4.78 is 38.7. The van der Waals surface area contributed by atoms with Gasteiger partial charge < -0.3 is 0 Å². The number of hydrogen-bond donors (Lipinski definition) is 0. The van der Waals surface area contributed by atoms with E-state index in [1.54, 1.807) is 30.3 Å². The molecule has 0 aliphatic carbocycles. The maximum absolute atomic E-state index is 12.9. The highest BCUT2D eigenvalue weighted by Crippen LogP contribution is 2.32. The van der Waals surface area contributed by atoms with Gasteiger partial charge in [-0.25, -0.2) is 0 Å². The van der Waals surface area contributed by atoms with E-state index in [0.29, 0.717) is 5.56 Å². The predicted octanol–water partition coefficient (Wildman–Crippen LogP) is 4.99. The molecular formula is C17H13F3O. The van der Waals surface area contributed by atoms with Crippen LogP contribution < -0.4 is 0 Å². The van der Waals surface area contributed by atoms with Crippen LogP contribution in [-0.2, 0) is 6.18 Å². The van der Waals surface area contributed by atoms with Crippen molar-refractivity contribution in [2.24, 2.45) is 0 Å². The van der Waals surface area contributed by atoms with Crippen molar-refractivity contribution in [2.45, 2.75) is 13.1 Å². The molecule has 0 saturated heterocycles. The van der Waals surface area contributed by atoms with Crippen LogP contribution in [-0.4, -0.2) is 5.78 Å². The third-order valence-electron chi connectivity index (χ3n) is 3.03. The number of benzene rings is 2. The zero-order valence-electron chi connectivity index (χ0n) is 11.3. The lowest BCUT2D eigenvalue weighted by Gasteiger charge is -2.10. The van der Waals surface area contributed by atoms with Gasteiger partial charge in [-0.15, -0.1) is 0 Å². The molecule has 2 rings (SSSR count). The van der Waals surface area contributed by atoms with Crippen LogP contribution in [0, 0.1) is 0 Å². The molecule has 0 radical (unpaired) electrons. The molecule has 0 heterocycles. The summed E-state index contributed by atoms with van der Waals surface area (Å²) in [6.07, 6.45) is -3.17. The van der Waals surface area contributed by atoms with Gasteiger partial charge in [0, 0.05) is 5.56 Å². The number of hydrogen-bond acceptors (Lipinski definition) is 1. The molecule has 0 amide bonds. The van der Waals surface area contributed by atoms with Crippen LogP contribution in [0.25, 0.3) is 6.08 Å². The van der Waals surface area contributed by atoms with E-state index in [1.807, 2.05) is 0 Å². The van der Waals surface area contributed by atoms with E-state index < -0.39 is 11.7 Å². The second kappa shape index (κ2) is 5.95. The first-order chi connectivity index (χ1) is 9.89. The van der Waals surface area contributed by atoms with Crippen LogP contribution in [0.15, 0.2) is 60.2 Å². The van der Waals surface area contributed by atoms with Gasteiger partial charge in [0.15, 0.2) is 5.78 Å². The Morgan fingerprint density at radius 1 is 0.952 bits per heavy atom. The van der Waals surface area contributed by atoms with Gasteiger partial charge in [-0.05, 0) is 30.2 Å². The molecule has 0 saturated carbocycles. The van der Waals surface area contributed by atoms with Crippen molar-refractivity contribution in [2.75, 3.05) is 0 Å². The molecule has 2 aromatic rings. The predicted molar refractivity (Wildman–Crippen MR) is 75.9 cm³/mol. The quantitative estimate of drug-likeness (QED) is 0.575. The zero-order chi connectivity index (χ0) is 15.5. The Kier molecular flexibility index (Phi) is 4.26. The summed E-state index contributed by atoms with van der Waals surface area (Å²) in [5.41, 5.74) is -0.0365. The van der Waals surface area contributed by atoms with Crippen molar-refractivity contribution in [1.82, 2.24) is 0 Å². The monoisotopic (exact) mass is 290 g/mol. The molecule has 21 heavy (non-hydrogen) atoms. The van der Waals surface area contributed by atoms with E-state index in [9.17, 15) is 18.0 Å². The lowest BCUT2D eigenvalue weighted by molar-refractivity contribution is -0.137. The summed E-state index contributed by atoms with van der Waals surface area (Å²) in [5.74, 6) is -0.285. The van der Waals surface area contributed by atoms with Crippen LogP contribution in [0.1, 0.15) is 28.4 Å². The molecule has 0 N–H and O–H groups in total. The summed E-state index contributed by atoms with van der Waals surface area (Å²) in [7, 11) is 0. The summed E-state index contributed by atoms with van der Waals surface area (Å²) in [5, 5.41) is 0. The number of Topliss-reactive ketones (excluding diaryl/α,β-unsaturated/α-hetero) is 1. The number of rotatable bonds is 3. The molecule has 0 atom stereocenters. The largest absolute Gasteiger partial charge is 0.416 e. The molecule has 1 nitrogen and oxygen atoms in total. The van der Waals surface area contributed by atoms with Crippen LogP contribution in [0.2, 0.25) is 0 Å². The molecule has 108 valence electrons. The highest BCUT2D eigenvalue weighted by molar-refractivity contribution is 6.10. The maximum Gasteiger partial charge on any atom is 0.416 e. The van der Waals surface area contributed by atoms with E-state index >= 15 is 0 Å². The van der Waals surface area contributed by atoms with Gasteiger partial charge in [-0.3, -0.25) is 4.79 Å². The number of carbonyl (C=O) groups is 1. The van der Waals surface area contributed by atoms with E-state index in [0.717, 1.165) is 6.07 Å². The molecule has 0 aliphatic heterocycles. The van der Waals surface area contributed by atoms with Gasteiger partial charge in [-0.1, -0.05) is 48.5 Å². The Morgan fingerprint density at radius 3 is 2.14 bits per heavy atom. The molecule has 0 bridgehead atoms. The van der Waals surface area contributed by atoms with E-state index in [-0.39, 0.29) is 16.9 Å². The number of carbonyl (C=O) groups excluding carboxylic acids is 1. The number of allylic oxidation sites excluding steroid dienone is 1. The number of alkyl halides is 3. The molecular weight excluding hydrogens is 277 g/mol.